The molecular formula is C30H28N4O4. The van der Waals surface area contributed by atoms with Crippen LogP contribution >= 0.6 is 0 Å². The number of nitrogens with zero attached hydrogens (tertiary/aromatic N) is 2. The largest absolute Gasteiger partial charge is 0.469 e. The van der Waals surface area contributed by atoms with Crippen LogP contribution in [0.3, 0.4) is 0 Å². The zero-order valence-electron chi connectivity index (χ0n) is 21.2. The highest BCUT2D eigenvalue weighted by Crippen LogP contribution is 2.33. The lowest BCUT2D eigenvalue weighted by Gasteiger charge is -2.12. The summed E-state index contributed by atoms with van der Waals surface area (Å²) in [7, 11) is 3.01. The smallest absolute Gasteiger partial charge is 0.305 e. The second kappa shape index (κ2) is 11.0. The van der Waals surface area contributed by atoms with Gasteiger partial charge in [-0.05, 0) is 53.9 Å². The molecule has 0 aliphatic carbocycles. The zero-order valence-corrected chi connectivity index (χ0v) is 21.2. The molecule has 0 aliphatic heterocycles. The number of methoxy groups -OCH3 is 1. The van der Waals surface area contributed by atoms with Gasteiger partial charge in [0.2, 0.25) is 0 Å². The first-order valence-corrected chi connectivity index (χ1v) is 12.3. The van der Waals surface area contributed by atoms with Gasteiger partial charge in [0, 0.05) is 42.3 Å². The Morgan fingerprint density at radius 1 is 1.00 bits per heavy atom. The molecule has 8 nitrogen and oxygen atoms in total. The highest BCUT2D eigenvalue weighted by atomic mass is 16.5. The Kier molecular flexibility index (Phi) is 7.21. The molecule has 192 valence electrons. The molecule has 2 heterocycles. The molecule has 8 heteroatoms. The van der Waals surface area contributed by atoms with Crippen molar-refractivity contribution in [2.45, 2.75) is 19.4 Å². The van der Waals surface area contributed by atoms with Gasteiger partial charge in [-0.15, -0.1) is 0 Å². The van der Waals surface area contributed by atoms with Gasteiger partial charge in [-0.3, -0.25) is 14.3 Å². The number of amides is 1. The van der Waals surface area contributed by atoms with Crippen molar-refractivity contribution in [2.75, 3.05) is 14.2 Å². The topological polar surface area (TPSA) is 98.2 Å². The number of hydrogen-bond donors (Lipinski definition) is 2. The number of hydrogen-bond acceptors (Lipinski definition) is 5. The Balaban J connectivity index is 1.33. The van der Waals surface area contributed by atoms with Crippen molar-refractivity contribution >= 4 is 22.8 Å². The Morgan fingerprint density at radius 2 is 1.84 bits per heavy atom. The molecule has 0 unspecified atom stereocenters. The van der Waals surface area contributed by atoms with Crippen LogP contribution < -0.4 is 10.1 Å². The van der Waals surface area contributed by atoms with E-state index in [0.717, 1.165) is 33.3 Å². The molecule has 0 bridgehead atoms. The lowest BCUT2D eigenvalue weighted by Crippen LogP contribution is -2.18. The van der Waals surface area contributed by atoms with E-state index in [1.807, 2.05) is 71.5 Å². The number of aromatic nitrogens is 3. The van der Waals surface area contributed by atoms with E-state index >= 15 is 0 Å². The zero-order chi connectivity index (χ0) is 26.5. The second-order valence-electron chi connectivity index (χ2n) is 8.88. The van der Waals surface area contributed by atoms with Gasteiger partial charge in [0.05, 0.1) is 24.9 Å². The van der Waals surface area contributed by atoms with Gasteiger partial charge in [0.15, 0.2) is 0 Å². The number of benzene rings is 3. The third-order valence-corrected chi connectivity index (χ3v) is 6.33. The second-order valence-corrected chi connectivity index (χ2v) is 8.88. The van der Waals surface area contributed by atoms with Gasteiger partial charge in [0.1, 0.15) is 11.5 Å². The normalized spacial score (nSPS) is 10.9. The predicted octanol–water partition coefficient (Wildman–Crippen LogP) is 5.34. The van der Waals surface area contributed by atoms with Gasteiger partial charge in [0.25, 0.3) is 5.91 Å². The molecule has 0 radical (unpaired) electrons. The fourth-order valence-electron chi connectivity index (χ4n) is 4.43. The van der Waals surface area contributed by atoms with Crippen molar-refractivity contribution in [1.29, 1.82) is 0 Å². The molecule has 0 saturated heterocycles. The van der Waals surface area contributed by atoms with E-state index in [4.69, 9.17) is 14.6 Å². The van der Waals surface area contributed by atoms with E-state index < -0.39 is 0 Å². The average molecular weight is 509 g/mol. The van der Waals surface area contributed by atoms with Gasteiger partial charge in [-0.25, -0.2) is 0 Å². The summed E-state index contributed by atoms with van der Waals surface area (Å²) in [5, 5.41) is 8.25. The number of rotatable bonds is 9. The maximum atomic E-state index is 12.6. The van der Waals surface area contributed by atoms with E-state index in [-0.39, 0.29) is 11.9 Å². The van der Waals surface area contributed by atoms with E-state index in [0.29, 0.717) is 36.4 Å². The third kappa shape index (κ3) is 5.44. The SMILES string of the molecule is CNC(=O)c1c(Oc2cccc(-c3ccn(Cc4cccc(CCC(=O)OC)c4)n3)c2)ccc2[nH]ccc12. The Hall–Kier alpha value is -4.85. The minimum Gasteiger partial charge on any atom is -0.469 e. The first-order chi connectivity index (χ1) is 18.5. The molecule has 0 aliphatic rings. The number of aromatic amines is 1. The van der Waals surface area contributed by atoms with Crippen molar-refractivity contribution in [1.82, 2.24) is 20.1 Å². The highest BCUT2D eigenvalue weighted by Gasteiger charge is 2.17. The van der Waals surface area contributed by atoms with Crippen molar-refractivity contribution in [3.63, 3.8) is 0 Å². The van der Waals surface area contributed by atoms with Crippen LogP contribution in [0.5, 0.6) is 11.5 Å². The minimum absolute atomic E-state index is 0.213. The first kappa shape index (κ1) is 24.8. The van der Waals surface area contributed by atoms with E-state index in [1.54, 1.807) is 19.3 Å². The molecular weight excluding hydrogens is 480 g/mol. The maximum Gasteiger partial charge on any atom is 0.305 e. The van der Waals surface area contributed by atoms with Crippen molar-refractivity contribution in [2.24, 2.45) is 0 Å². The van der Waals surface area contributed by atoms with Crippen LogP contribution in [0, 0.1) is 0 Å². The van der Waals surface area contributed by atoms with Crippen LogP contribution in [0.15, 0.2) is 85.2 Å². The summed E-state index contributed by atoms with van der Waals surface area (Å²) in [6.07, 6.45) is 4.73. The third-order valence-electron chi connectivity index (χ3n) is 6.33. The molecule has 38 heavy (non-hydrogen) atoms. The van der Waals surface area contributed by atoms with Crippen LogP contribution in [0.25, 0.3) is 22.2 Å². The number of H-pyrrole nitrogens is 1. The highest BCUT2D eigenvalue weighted by molar-refractivity contribution is 6.08. The van der Waals surface area contributed by atoms with Crippen LogP contribution in [0.4, 0.5) is 0 Å². The Bertz CT molecular complexity index is 1600. The maximum absolute atomic E-state index is 12.6. The van der Waals surface area contributed by atoms with Gasteiger partial charge >= 0.3 is 5.97 Å². The number of aryl methyl sites for hydroxylation is 1. The number of carbonyl (C=O) groups is 2. The quantitative estimate of drug-likeness (QED) is 0.262. The fourth-order valence-corrected chi connectivity index (χ4v) is 4.43. The molecule has 5 aromatic rings. The summed E-state index contributed by atoms with van der Waals surface area (Å²) < 4.78 is 12.8. The Morgan fingerprint density at radius 3 is 2.68 bits per heavy atom. The van der Waals surface area contributed by atoms with Crippen molar-refractivity contribution in [3.8, 4) is 22.8 Å². The summed E-state index contributed by atoms with van der Waals surface area (Å²) in [6.45, 7) is 0.606. The van der Waals surface area contributed by atoms with Crippen molar-refractivity contribution in [3.05, 3.63) is 102 Å². The van der Waals surface area contributed by atoms with Crippen LogP contribution in [0.1, 0.15) is 27.9 Å². The molecule has 0 saturated carbocycles. The molecule has 5 rings (SSSR count). The predicted molar refractivity (Wildman–Crippen MR) is 145 cm³/mol. The van der Waals surface area contributed by atoms with Gasteiger partial charge in [-0.1, -0.05) is 36.4 Å². The summed E-state index contributed by atoms with van der Waals surface area (Å²) in [4.78, 5) is 27.2. The summed E-state index contributed by atoms with van der Waals surface area (Å²) in [6, 6.07) is 23.3. The van der Waals surface area contributed by atoms with Crippen LogP contribution in [0.2, 0.25) is 0 Å². The Labute approximate surface area is 220 Å². The lowest BCUT2D eigenvalue weighted by atomic mass is 10.1. The summed E-state index contributed by atoms with van der Waals surface area (Å²) in [5.74, 6) is 0.657. The molecule has 1 amide bonds. The minimum atomic E-state index is -0.215. The molecule has 2 N–H and O–H groups in total. The van der Waals surface area contributed by atoms with E-state index in [2.05, 4.69) is 16.4 Å². The van der Waals surface area contributed by atoms with Gasteiger partial charge < -0.3 is 19.8 Å². The summed E-state index contributed by atoms with van der Waals surface area (Å²) in [5.41, 5.74) is 5.24. The molecule has 0 spiro atoms. The standard InChI is InChI=1S/C30H28N4O4/c1-31-30(36)29-24-13-15-32-26(24)10-11-27(29)38-23-8-4-7-22(18-23)25-14-16-34(33-25)19-21-6-3-5-20(17-21)9-12-28(35)37-2/h3-8,10-11,13-18,32H,9,12,19H2,1-2H3,(H,31,36). The number of fused-ring (bicyclic) bond motifs is 1. The van der Waals surface area contributed by atoms with E-state index in [1.165, 1.54) is 7.11 Å². The summed E-state index contributed by atoms with van der Waals surface area (Å²) >= 11 is 0. The number of carbonyl (C=O) groups excluding carboxylic acids is 2. The number of nitrogens with one attached hydrogen (secondary N) is 2. The van der Waals surface area contributed by atoms with Crippen molar-refractivity contribution < 1.29 is 19.1 Å². The average Bonchev–Trinajstić information content (AvgIpc) is 3.61. The fraction of sp³-hybridized carbons (Fsp3) is 0.167. The van der Waals surface area contributed by atoms with Crippen LogP contribution in [-0.2, 0) is 22.5 Å². The molecule has 3 aromatic carbocycles. The molecule has 0 fully saturated rings. The lowest BCUT2D eigenvalue weighted by molar-refractivity contribution is -0.140. The van der Waals surface area contributed by atoms with E-state index in [9.17, 15) is 9.59 Å². The number of esters is 1. The van der Waals surface area contributed by atoms with Gasteiger partial charge in [-0.2, -0.15) is 5.10 Å². The number of ether oxygens (including phenoxy) is 2. The molecule has 0 atom stereocenters. The molecule has 2 aromatic heterocycles. The first-order valence-electron chi connectivity index (χ1n) is 12.3. The van der Waals surface area contributed by atoms with Crippen LogP contribution in [-0.4, -0.2) is 40.8 Å². The monoisotopic (exact) mass is 508 g/mol.